The van der Waals surface area contributed by atoms with Gasteiger partial charge in [-0.1, -0.05) is 18.5 Å². The number of likely N-dealkylation sites (tertiary alicyclic amines) is 1. The number of piperidine rings is 1. The molecule has 2 heterocycles. The Kier molecular flexibility index (Phi) is 8.10. The number of aliphatic imine (C=N–C) groups is 1. The fraction of sp³-hybridized carbons (Fsp3) is 0.737. The van der Waals surface area contributed by atoms with Gasteiger partial charge in [-0.05, 0) is 50.8 Å². The topological polar surface area (TPSA) is 35.8 Å². The molecule has 1 aliphatic heterocycles. The largest absolute Gasteiger partial charge is 0.356 e. The van der Waals surface area contributed by atoms with Crippen LogP contribution in [0.1, 0.15) is 38.3 Å². The number of guanidine groups is 1. The molecule has 5 nitrogen and oxygen atoms in total. The van der Waals surface area contributed by atoms with E-state index in [2.05, 4.69) is 38.6 Å². The van der Waals surface area contributed by atoms with Crippen LogP contribution in [-0.4, -0.2) is 60.6 Å². The van der Waals surface area contributed by atoms with Crippen molar-refractivity contribution >= 4 is 17.6 Å². The molecule has 1 unspecified atom stereocenters. The average molecular weight is 368 g/mol. The Bertz CT molecular complexity index is 554. The molecule has 6 heteroatoms. The van der Waals surface area contributed by atoms with Crippen LogP contribution in [0.2, 0.25) is 5.02 Å². The number of halogens is 1. The van der Waals surface area contributed by atoms with Gasteiger partial charge in [-0.25, -0.2) is 0 Å². The monoisotopic (exact) mass is 367 g/mol. The standard InChI is InChI=1S/C19H34ClN5/c1-16-8-7-11-25(13-16)10-6-5-9-22-19(21-2)24(4)15-18-12-17(20)14-23(18)3/h12,14,16H,5-11,13,15H2,1-4H3,(H,21,22). The summed E-state index contributed by atoms with van der Waals surface area (Å²) < 4.78 is 2.06. The van der Waals surface area contributed by atoms with E-state index in [0.29, 0.717) is 0 Å². The molecule has 0 aliphatic carbocycles. The molecule has 0 radical (unpaired) electrons. The van der Waals surface area contributed by atoms with E-state index >= 15 is 0 Å². The van der Waals surface area contributed by atoms with Crippen molar-refractivity contribution in [3.63, 3.8) is 0 Å². The Morgan fingerprint density at radius 2 is 2.24 bits per heavy atom. The summed E-state index contributed by atoms with van der Waals surface area (Å²) in [7, 11) is 5.92. The number of nitrogens with one attached hydrogen (secondary N) is 1. The molecule has 25 heavy (non-hydrogen) atoms. The Morgan fingerprint density at radius 1 is 1.44 bits per heavy atom. The Morgan fingerprint density at radius 3 is 2.88 bits per heavy atom. The second-order valence-corrected chi connectivity index (χ2v) is 7.78. The molecular formula is C19H34ClN5. The molecule has 1 atom stereocenters. The minimum absolute atomic E-state index is 0.779. The fourth-order valence-corrected chi connectivity index (χ4v) is 3.85. The van der Waals surface area contributed by atoms with Gasteiger partial charge in [-0.2, -0.15) is 0 Å². The molecule has 0 aromatic carbocycles. The molecule has 1 aliphatic rings. The summed E-state index contributed by atoms with van der Waals surface area (Å²) in [5, 5.41) is 4.26. The molecular weight excluding hydrogens is 334 g/mol. The number of rotatable bonds is 7. The van der Waals surface area contributed by atoms with Crippen LogP contribution in [0, 0.1) is 5.92 Å². The summed E-state index contributed by atoms with van der Waals surface area (Å²) in [4.78, 5) is 9.15. The molecule has 0 saturated carbocycles. The van der Waals surface area contributed by atoms with Crippen molar-refractivity contribution in [2.24, 2.45) is 18.0 Å². The molecule has 1 aromatic rings. The van der Waals surface area contributed by atoms with Crippen LogP contribution in [0.4, 0.5) is 0 Å². The van der Waals surface area contributed by atoms with Crippen LogP contribution in [0.5, 0.6) is 0 Å². The number of hydrogen-bond donors (Lipinski definition) is 1. The summed E-state index contributed by atoms with van der Waals surface area (Å²) >= 11 is 6.06. The zero-order chi connectivity index (χ0) is 18.2. The average Bonchev–Trinajstić information content (AvgIpc) is 2.88. The predicted octanol–water partition coefficient (Wildman–Crippen LogP) is 3.20. The zero-order valence-corrected chi connectivity index (χ0v) is 17.0. The second kappa shape index (κ2) is 10.1. The predicted molar refractivity (Wildman–Crippen MR) is 107 cm³/mol. The Labute approximate surface area is 158 Å². The van der Waals surface area contributed by atoms with Gasteiger partial charge in [-0.3, -0.25) is 4.99 Å². The van der Waals surface area contributed by atoms with Gasteiger partial charge >= 0.3 is 0 Å². The van der Waals surface area contributed by atoms with E-state index in [0.717, 1.165) is 30.0 Å². The SMILES string of the molecule is CN=C(NCCCCN1CCCC(C)C1)N(C)Cc1cc(Cl)cn1C. The maximum absolute atomic E-state index is 6.06. The van der Waals surface area contributed by atoms with E-state index in [9.17, 15) is 0 Å². The third-order valence-corrected chi connectivity index (χ3v) is 5.18. The maximum atomic E-state index is 6.06. The van der Waals surface area contributed by atoms with E-state index in [1.807, 2.05) is 26.4 Å². The minimum Gasteiger partial charge on any atom is -0.356 e. The lowest BCUT2D eigenvalue weighted by Gasteiger charge is -2.30. The van der Waals surface area contributed by atoms with Crippen LogP contribution in [0.15, 0.2) is 17.3 Å². The van der Waals surface area contributed by atoms with Gasteiger partial charge in [0.1, 0.15) is 0 Å². The van der Waals surface area contributed by atoms with E-state index in [1.54, 1.807) is 0 Å². The second-order valence-electron chi connectivity index (χ2n) is 7.35. The molecule has 1 N–H and O–H groups in total. The van der Waals surface area contributed by atoms with E-state index in [4.69, 9.17) is 11.6 Å². The van der Waals surface area contributed by atoms with Gasteiger partial charge in [0.2, 0.25) is 0 Å². The highest BCUT2D eigenvalue weighted by molar-refractivity contribution is 6.30. The third kappa shape index (κ3) is 6.55. The number of aromatic nitrogens is 1. The zero-order valence-electron chi connectivity index (χ0n) is 16.3. The highest BCUT2D eigenvalue weighted by Gasteiger charge is 2.15. The highest BCUT2D eigenvalue weighted by atomic mass is 35.5. The van der Waals surface area contributed by atoms with E-state index < -0.39 is 0 Å². The quantitative estimate of drug-likeness (QED) is 0.456. The first-order chi connectivity index (χ1) is 12.0. The van der Waals surface area contributed by atoms with Crippen molar-refractivity contribution in [3.8, 4) is 0 Å². The molecule has 0 amide bonds. The van der Waals surface area contributed by atoms with Gasteiger partial charge in [0.15, 0.2) is 5.96 Å². The Balaban J connectivity index is 1.66. The maximum Gasteiger partial charge on any atom is 0.193 e. The summed E-state index contributed by atoms with van der Waals surface area (Å²) in [6, 6.07) is 2.00. The van der Waals surface area contributed by atoms with Crippen molar-refractivity contribution in [3.05, 3.63) is 23.0 Å². The van der Waals surface area contributed by atoms with Crippen molar-refractivity contribution < 1.29 is 0 Å². The van der Waals surface area contributed by atoms with Gasteiger partial charge in [0.25, 0.3) is 0 Å². The lowest BCUT2D eigenvalue weighted by atomic mass is 10.0. The number of unbranched alkanes of at least 4 members (excludes halogenated alkanes) is 1. The van der Waals surface area contributed by atoms with Crippen molar-refractivity contribution in [1.82, 2.24) is 19.7 Å². The molecule has 1 saturated heterocycles. The van der Waals surface area contributed by atoms with Crippen LogP contribution in [-0.2, 0) is 13.6 Å². The summed E-state index contributed by atoms with van der Waals surface area (Å²) in [6.45, 7) is 7.90. The van der Waals surface area contributed by atoms with Crippen LogP contribution < -0.4 is 5.32 Å². The molecule has 0 bridgehead atoms. The first-order valence-electron chi connectivity index (χ1n) is 9.44. The van der Waals surface area contributed by atoms with Crippen LogP contribution in [0.25, 0.3) is 0 Å². The van der Waals surface area contributed by atoms with Crippen LogP contribution >= 0.6 is 11.6 Å². The van der Waals surface area contributed by atoms with E-state index in [-0.39, 0.29) is 0 Å². The lowest BCUT2D eigenvalue weighted by molar-refractivity contribution is 0.181. The number of hydrogen-bond acceptors (Lipinski definition) is 2. The van der Waals surface area contributed by atoms with Gasteiger partial charge in [-0.15, -0.1) is 0 Å². The highest BCUT2D eigenvalue weighted by Crippen LogP contribution is 2.16. The first kappa shape index (κ1) is 20.1. The molecule has 142 valence electrons. The number of nitrogens with zero attached hydrogens (tertiary/aromatic N) is 4. The fourth-order valence-electron chi connectivity index (χ4n) is 3.58. The van der Waals surface area contributed by atoms with Gasteiger partial charge in [0, 0.05) is 46.1 Å². The summed E-state index contributed by atoms with van der Waals surface area (Å²) in [5.74, 6) is 1.80. The Hall–Kier alpha value is -1.20. The normalized spacial score (nSPS) is 19.2. The first-order valence-corrected chi connectivity index (χ1v) is 9.82. The van der Waals surface area contributed by atoms with Crippen molar-refractivity contribution in [2.75, 3.05) is 40.3 Å². The van der Waals surface area contributed by atoms with E-state index in [1.165, 1.54) is 51.0 Å². The van der Waals surface area contributed by atoms with Crippen molar-refractivity contribution in [1.29, 1.82) is 0 Å². The third-order valence-electron chi connectivity index (χ3n) is 4.97. The lowest BCUT2D eigenvalue weighted by Crippen LogP contribution is -2.39. The number of aryl methyl sites for hydroxylation is 1. The van der Waals surface area contributed by atoms with Crippen LogP contribution in [0.3, 0.4) is 0 Å². The van der Waals surface area contributed by atoms with Gasteiger partial charge in [0.05, 0.1) is 11.6 Å². The molecule has 1 fully saturated rings. The summed E-state index contributed by atoms with van der Waals surface area (Å²) in [6.07, 6.45) is 7.11. The molecule has 2 rings (SSSR count). The minimum atomic E-state index is 0.779. The van der Waals surface area contributed by atoms with Gasteiger partial charge < -0.3 is 19.7 Å². The molecule has 1 aromatic heterocycles. The smallest absolute Gasteiger partial charge is 0.193 e. The summed E-state index contributed by atoms with van der Waals surface area (Å²) in [5.41, 5.74) is 1.18. The molecule has 0 spiro atoms. The van der Waals surface area contributed by atoms with Crippen molar-refractivity contribution in [2.45, 2.75) is 39.2 Å².